The molecule has 2 aromatic carbocycles. The molecule has 0 spiro atoms. The van der Waals surface area contributed by atoms with Gasteiger partial charge in [0.05, 0.1) is 11.4 Å². The molecule has 0 atom stereocenters. The molecule has 124 valence electrons. The molecule has 1 fully saturated rings. The van der Waals surface area contributed by atoms with Crippen molar-refractivity contribution in [2.24, 2.45) is 10.3 Å². The van der Waals surface area contributed by atoms with E-state index >= 15 is 0 Å². The van der Waals surface area contributed by atoms with Gasteiger partial charge in [-0.25, -0.2) is 0 Å². The Bertz CT molecular complexity index is 608. The molecule has 0 bridgehead atoms. The minimum atomic E-state index is 0.519. The van der Waals surface area contributed by atoms with Crippen molar-refractivity contribution in [1.29, 1.82) is 0 Å². The summed E-state index contributed by atoms with van der Waals surface area (Å²) in [5, 5.41) is 8.52. The minimum Gasteiger partial charge on any atom is -0.391 e. The lowest BCUT2D eigenvalue weighted by atomic mass is 9.97. The zero-order chi connectivity index (χ0) is 16.5. The summed E-state index contributed by atoms with van der Waals surface area (Å²) in [6.45, 7) is 1.04. The van der Waals surface area contributed by atoms with Crippen molar-refractivity contribution < 1.29 is 9.68 Å². The van der Waals surface area contributed by atoms with Gasteiger partial charge in [-0.2, -0.15) is 0 Å². The van der Waals surface area contributed by atoms with E-state index in [1.807, 2.05) is 60.7 Å². The van der Waals surface area contributed by atoms with Crippen molar-refractivity contribution in [3.63, 3.8) is 0 Å². The van der Waals surface area contributed by atoms with Crippen LogP contribution in [-0.4, -0.2) is 11.4 Å². The van der Waals surface area contributed by atoms with Gasteiger partial charge in [0.25, 0.3) is 0 Å². The van der Waals surface area contributed by atoms with Crippen molar-refractivity contribution in [3.8, 4) is 0 Å². The van der Waals surface area contributed by atoms with Crippen LogP contribution >= 0.6 is 0 Å². The van der Waals surface area contributed by atoms with Gasteiger partial charge in [0.1, 0.15) is 13.2 Å². The van der Waals surface area contributed by atoms with E-state index < -0.39 is 0 Å². The summed E-state index contributed by atoms with van der Waals surface area (Å²) in [5.41, 5.74) is 4.48. The topological polar surface area (TPSA) is 43.2 Å². The fourth-order valence-electron chi connectivity index (χ4n) is 2.55. The van der Waals surface area contributed by atoms with Gasteiger partial charge >= 0.3 is 0 Å². The molecule has 2 aromatic rings. The van der Waals surface area contributed by atoms with Crippen molar-refractivity contribution in [1.82, 2.24) is 0 Å². The number of rotatable bonds is 6. The largest absolute Gasteiger partial charge is 0.391 e. The van der Waals surface area contributed by atoms with Gasteiger partial charge in [-0.1, -0.05) is 71.0 Å². The Labute approximate surface area is 142 Å². The second-order valence-electron chi connectivity index (χ2n) is 5.83. The molecular formula is C20H22N2O2. The molecule has 0 aliphatic heterocycles. The lowest BCUT2D eigenvalue weighted by Gasteiger charge is -2.14. The normalized spacial score (nSPS) is 14.2. The number of nitrogens with zero attached hydrogens (tertiary/aromatic N) is 2. The van der Waals surface area contributed by atoms with Crippen LogP contribution in [0.3, 0.4) is 0 Å². The molecule has 0 N–H and O–H groups in total. The van der Waals surface area contributed by atoms with E-state index in [4.69, 9.17) is 9.68 Å². The smallest absolute Gasteiger partial charge is 0.142 e. The lowest BCUT2D eigenvalue weighted by Crippen LogP contribution is -2.14. The molecule has 0 radical (unpaired) electrons. The average Bonchev–Trinajstić information content (AvgIpc) is 2.65. The molecule has 24 heavy (non-hydrogen) atoms. The zero-order valence-corrected chi connectivity index (χ0v) is 13.7. The molecule has 0 heterocycles. The van der Waals surface area contributed by atoms with Gasteiger partial charge in [-0.05, 0) is 36.8 Å². The third-order valence-electron chi connectivity index (χ3n) is 3.94. The number of benzene rings is 2. The third kappa shape index (κ3) is 5.23. The molecule has 1 aliphatic carbocycles. The van der Waals surface area contributed by atoms with E-state index in [0.29, 0.717) is 13.2 Å². The van der Waals surface area contributed by atoms with E-state index in [0.717, 1.165) is 48.2 Å². The van der Waals surface area contributed by atoms with Crippen LogP contribution in [0.25, 0.3) is 0 Å². The van der Waals surface area contributed by atoms with Gasteiger partial charge in [0.15, 0.2) is 0 Å². The van der Waals surface area contributed by atoms with Crippen LogP contribution in [0.15, 0.2) is 71.0 Å². The highest BCUT2D eigenvalue weighted by molar-refractivity contribution is 5.97. The van der Waals surface area contributed by atoms with E-state index in [1.54, 1.807) is 0 Å². The van der Waals surface area contributed by atoms with Crippen molar-refractivity contribution >= 4 is 11.4 Å². The average molecular weight is 322 g/mol. The fraction of sp³-hybridized carbons (Fsp3) is 0.300. The Kier molecular flexibility index (Phi) is 6.00. The first-order valence-corrected chi connectivity index (χ1v) is 8.33. The van der Waals surface area contributed by atoms with E-state index in [-0.39, 0.29) is 0 Å². The summed E-state index contributed by atoms with van der Waals surface area (Å²) in [6, 6.07) is 20.2. The summed E-state index contributed by atoms with van der Waals surface area (Å²) in [7, 11) is 0. The van der Waals surface area contributed by atoms with Crippen LogP contribution in [0.5, 0.6) is 0 Å². The molecule has 0 aromatic heterocycles. The van der Waals surface area contributed by atoms with E-state index in [9.17, 15) is 0 Å². The van der Waals surface area contributed by atoms with Crippen LogP contribution in [0, 0.1) is 0 Å². The van der Waals surface area contributed by atoms with Gasteiger partial charge in [-0.3, -0.25) is 0 Å². The highest BCUT2D eigenvalue weighted by atomic mass is 16.6. The predicted octanol–water partition coefficient (Wildman–Crippen LogP) is 4.71. The van der Waals surface area contributed by atoms with Gasteiger partial charge < -0.3 is 9.68 Å². The second-order valence-corrected chi connectivity index (χ2v) is 5.83. The van der Waals surface area contributed by atoms with Gasteiger partial charge in [0, 0.05) is 0 Å². The lowest BCUT2D eigenvalue weighted by molar-refractivity contribution is 0.127. The van der Waals surface area contributed by atoms with Crippen LogP contribution in [0.1, 0.15) is 36.8 Å². The maximum Gasteiger partial charge on any atom is 0.142 e. The first-order valence-electron chi connectivity index (χ1n) is 8.33. The summed E-state index contributed by atoms with van der Waals surface area (Å²) in [6.07, 6.45) is 3.56. The monoisotopic (exact) mass is 322 g/mol. The highest BCUT2D eigenvalue weighted by Crippen LogP contribution is 2.15. The molecule has 0 saturated heterocycles. The van der Waals surface area contributed by atoms with Crippen LogP contribution in [-0.2, 0) is 22.9 Å². The number of hydrogen-bond acceptors (Lipinski definition) is 4. The first kappa shape index (κ1) is 16.2. The molecular weight excluding hydrogens is 300 g/mol. The SMILES string of the molecule is c1ccc(CON=C2CCC(=NOCc3ccccc3)CC2)cc1. The summed E-state index contributed by atoms with van der Waals surface area (Å²) >= 11 is 0. The number of hydrogen-bond donors (Lipinski definition) is 0. The van der Waals surface area contributed by atoms with Crippen molar-refractivity contribution in [2.45, 2.75) is 38.9 Å². The summed E-state index contributed by atoms with van der Waals surface area (Å²) < 4.78 is 0. The van der Waals surface area contributed by atoms with Crippen molar-refractivity contribution in [3.05, 3.63) is 71.8 Å². The molecule has 3 rings (SSSR count). The zero-order valence-electron chi connectivity index (χ0n) is 13.7. The second kappa shape index (κ2) is 8.87. The Balaban J connectivity index is 1.39. The maximum absolute atomic E-state index is 5.45. The summed E-state index contributed by atoms with van der Waals surface area (Å²) in [5.74, 6) is 0. The Morgan fingerprint density at radius 2 is 0.958 bits per heavy atom. The predicted molar refractivity (Wildman–Crippen MR) is 95.8 cm³/mol. The van der Waals surface area contributed by atoms with E-state index in [1.165, 1.54) is 0 Å². The van der Waals surface area contributed by atoms with Gasteiger partial charge in [-0.15, -0.1) is 0 Å². The fourth-order valence-corrected chi connectivity index (χ4v) is 2.55. The molecule has 1 aliphatic rings. The maximum atomic E-state index is 5.45. The number of oxime groups is 2. The Hall–Kier alpha value is -2.62. The molecule has 0 unspecified atom stereocenters. The van der Waals surface area contributed by atoms with Gasteiger partial charge in [0.2, 0.25) is 0 Å². The van der Waals surface area contributed by atoms with Crippen LogP contribution in [0.2, 0.25) is 0 Å². The third-order valence-corrected chi connectivity index (χ3v) is 3.94. The molecule has 4 nitrogen and oxygen atoms in total. The summed E-state index contributed by atoms with van der Waals surface area (Å²) in [4.78, 5) is 10.9. The minimum absolute atomic E-state index is 0.519. The van der Waals surface area contributed by atoms with Crippen LogP contribution in [0.4, 0.5) is 0 Å². The molecule has 1 saturated carbocycles. The van der Waals surface area contributed by atoms with Crippen molar-refractivity contribution in [2.75, 3.05) is 0 Å². The molecule has 4 heteroatoms. The standard InChI is InChI=1S/C20H22N2O2/c1-3-7-17(8-4-1)15-23-21-19-11-13-20(14-12-19)22-24-16-18-9-5-2-6-10-18/h1-10H,11-16H2. The highest BCUT2D eigenvalue weighted by Gasteiger charge is 2.14. The Morgan fingerprint density at radius 3 is 1.33 bits per heavy atom. The molecule has 0 amide bonds. The van der Waals surface area contributed by atoms with E-state index in [2.05, 4.69) is 10.3 Å². The quantitative estimate of drug-likeness (QED) is 0.723. The Morgan fingerprint density at radius 1 is 0.583 bits per heavy atom. The van der Waals surface area contributed by atoms with Crippen LogP contribution < -0.4 is 0 Å². The first-order chi connectivity index (χ1) is 11.9.